The molecule has 1 atom stereocenters. The molecule has 174 valence electrons. The van der Waals surface area contributed by atoms with Crippen LogP contribution >= 0.6 is 11.6 Å². The predicted octanol–water partition coefficient (Wildman–Crippen LogP) is 5.01. The van der Waals surface area contributed by atoms with Crippen LogP contribution in [0, 0.1) is 5.82 Å². The summed E-state index contributed by atoms with van der Waals surface area (Å²) < 4.78 is 56.2. The van der Waals surface area contributed by atoms with Crippen LogP contribution in [0.4, 0.5) is 17.6 Å². The Kier molecular flexibility index (Phi) is 6.78. The number of alkyl halides is 3. The van der Waals surface area contributed by atoms with Crippen LogP contribution in [0.25, 0.3) is 0 Å². The second kappa shape index (κ2) is 9.22. The Hall–Kier alpha value is -3.40. The molecule has 6 nitrogen and oxygen atoms in total. The van der Waals surface area contributed by atoms with Gasteiger partial charge in [-0.3, -0.25) is 9.48 Å². The van der Waals surface area contributed by atoms with E-state index in [1.807, 2.05) is 0 Å². The van der Waals surface area contributed by atoms with Crippen molar-refractivity contribution < 1.29 is 32.3 Å². The number of aromatic carboxylic acids is 1. The van der Waals surface area contributed by atoms with Gasteiger partial charge in [0.15, 0.2) is 5.69 Å². The summed E-state index contributed by atoms with van der Waals surface area (Å²) in [4.78, 5) is 23.9. The van der Waals surface area contributed by atoms with Crippen molar-refractivity contribution in [3.63, 3.8) is 0 Å². The molecule has 1 aromatic heterocycles. The fraction of sp³-hybridized carbons (Fsp3) is 0.227. The molecule has 1 heterocycles. The number of nitrogens with one attached hydrogen (secondary N) is 1. The lowest BCUT2D eigenvalue weighted by molar-refractivity contribution is -0.144. The van der Waals surface area contributed by atoms with E-state index in [1.54, 1.807) is 24.3 Å². The van der Waals surface area contributed by atoms with Gasteiger partial charge < -0.3 is 10.4 Å². The van der Waals surface area contributed by atoms with Crippen molar-refractivity contribution in [1.29, 1.82) is 0 Å². The molecular weight excluding hydrogens is 466 g/mol. The van der Waals surface area contributed by atoms with Gasteiger partial charge in [-0.1, -0.05) is 29.8 Å². The van der Waals surface area contributed by atoms with E-state index in [4.69, 9.17) is 16.7 Å². The fourth-order valence-corrected chi connectivity index (χ4v) is 3.68. The maximum atomic E-state index is 14.4. The Balaban J connectivity index is 1.98. The lowest BCUT2D eigenvalue weighted by Crippen LogP contribution is -2.30. The molecule has 0 aliphatic heterocycles. The van der Waals surface area contributed by atoms with E-state index < -0.39 is 41.2 Å². The van der Waals surface area contributed by atoms with Crippen LogP contribution in [0.3, 0.4) is 0 Å². The van der Waals surface area contributed by atoms with Crippen LogP contribution in [0.1, 0.15) is 56.2 Å². The molecule has 0 spiro atoms. The number of halogens is 5. The topological polar surface area (TPSA) is 84.2 Å². The summed E-state index contributed by atoms with van der Waals surface area (Å²) in [5, 5.41) is 15.6. The average Bonchev–Trinajstić information content (AvgIpc) is 3.03. The van der Waals surface area contributed by atoms with Crippen molar-refractivity contribution in [2.75, 3.05) is 0 Å². The van der Waals surface area contributed by atoms with Crippen LogP contribution in [-0.2, 0) is 19.6 Å². The van der Waals surface area contributed by atoms with Gasteiger partial charge in [-0.25, -0.2) is 9.18 Å². The highest BCUT2D eigenvalue weighted by molar-refractivity contribution is 6.30. The van der Waals surface area contributed by atoms with Crippen molar-refractivity contribution in [3.05, 3.63) is 86.9 Å². The highest BCUT2D eigenvalue weighted by Crippen LogP contribution is 2.34. The van der Waals surface area contributed by atoms with E-state index in [2.05, 4.69) is 10.4 Å². The number of carboxylic acid groups (broad SMARTS) is 1. The summed E-state index contributed by atoms with van der Waals surface area (Å²) in [5.41, 5.74) is -1.89. The quantitative estimate of drug-likeness (QED) is 0.483. The van der Waals surface area contributed by atoms with Gasteiger partial charge in [0, 0.05) is 24.1 Å². The molecular formula is C22H18ClF4N3O3. The Morgan fingerprint density at radius 2 is 1.91 bits per heavy atom. The Labute approximate surface area is 190 Å². The molecule has 2 aromatic carbocycles. The molecule has 3 rings (SSSR count). The van der Waals surface area contributed by atoms with E-state index in [1.165, 1.54) is 6.92 Å². The number of rotatable bonds is 6. The number of carboxylic acids is 1. The van der Waals surface area contributed by atoms with Crippen LogP contribution in [0.2, 0.25) is 5.02 Å². The maximum Gasteiger partial charge on any atom is 0.433 e. The van der Waals surface area contributed by atoms with Gasteiger partial charge in [-0.2, -0.15) is 18.3 Å². The molecule has 0 aliphatic rings. The number of amides is 1. The van der Waals surface area contributed by atoms with E-state index in [9.17, 15) is 27.2 Å². The molecule has 1 amide bonds. The van der Waals surface area contributed by atoms with Crippen LogP contribution < -0.4 is 5.32 Å². The van der Waals surface area contributed by atoms with Gasteiger partial charge in [0.1, 0.15) is 5.82 Å². The number of hydrogen-bond donors (Lipinski definition) is 2. The van der Waals surface area contributed by atoms with E-state index in [-0.39, 0.29) is 23.2 Å². The first kappa shape index (κ1) is 24.2. The normalized spacial score (nSPS) is 12.5. The van der Waals surface area contributed by atoms with Crippen LogP contribution in [0.5, 0.6) is 0 Å². The molecule has 0 unspecified atom stereocenters. The van der Waals surface area contributed by atoms with Gasteiger partial charge in [0.05, 0.1) is 22.9 Å². The fourth-order valence-electron chi connectivity index (χ4n) is 3.47. The predicted molar refractivity (Wildman–Crippen MR) is 112 cm³/mol. The van der Waals surface area contributed by atoms with Crippen molar-refractivity contribution in [2.45, 2.75) is 25.6 Å². The number of benzene rings is 2. The van der Waals surface area contributed by atoms with Crippen molar-refractivity contribution in [3.8, 4) is 0 Å². The third-order valence-corrected chi connectivity index (χ3v) is 5.17. The van der Waals surface area contributed by atoms with Crippen molar-refractivity contribution in [1.82, 2.24) is 15.1 Å². The minimum absolute atomic E-state index is 0.0813. The lowest BCUT2D eigenvalue weighted by atomic mass is 10.0. The zero-order valence-corrected chi connectivity index (χ0v) is 18.1. The minimum atomic E-state index is -4.88. The molecule has 0 bridgehead atoms. The second-order valence-electron chi connectivity index (χ2n) is 7.33. The highest BCUT2D eigenvalue weighted by Gasteiger charge is 2.41. The van der Waals surface area contributed by atoms with Gasteiger partial charge >= 0.3 is 12.1 Å². The molecule has 33 heavy (non-hydrogen) atoms. The monoisotopic (exact) mass is 483 g/mol. The Morgan fingerprint density at radius 1 is 1.21 bits per heavy atom. The standard InChI is InChI=1S/C22H18ClF4N3O3/c1-11(15-7-6-13(21(32)33)10-16(15)24)28-20(31)18-17(9-12-4-3-5-14(23)8-12)29-30(2)19(18)22(25,26)27/h3-8,10-11H,9H2,1-2H3,(H,28,31)(H,32,33)/t11-/m0/s1. The first-order chi connectivity index (χ1) is 15.4. The summed E-state index contributed by atoms with van der Waals surface area (Å²) in [7, 11) is 1.08. The number of aromatic nitrogens is 2. The summed E-state index contributed by atoms with van der Waals surface area (Å²) in [6.07, 6.45) is -4.97. The first-order valence-electron chi connectivity index (χ1n) is 9.59. The SMILES string of the molecule is C[C@H](NC(=O)c1c(Cc2cccc(Cl)c2)nn(C)c1C(F)(F)F)c1ccc(C(=O)O)cc1F. The van der Waals surface area contributed by atoms with Crippen LogP contribution in [0.15, 0.2) is 42.5 Å². The van der Waals surface area contributed by atoms with E-state index in [0.29, 0.717) is 15.3 Å². The average molecular weight is 484 g/mol. The molecule has 0 saturated heterocycles. The summed E-state index contributed by atoms with van der Waals surface area (Å²) in [6, 6.07) is 8.42. The maximum absolute atomic E-state index is 14.4. The summed E-state index contributed by atoms with van der Waals surface area (Å²) in [6.45, 7) is 1.37. The Morgan fingerprint density at radius 3 is 2.48 bits per heavy atom. The molecule has 0 radical (unpaired) electrons. The molecule has 0 fully saturated rings. The summed E-state index contributed by atoms with van der Waals surface area (Å²) >= 11 is 5.95. The zero-order chi connectivity index (χ0) is 24.5. The van der Waals surface area contributed by atoms with Crippen molar-refractivity contribution >= 4 is 23.5 Å². The highest BCUT2D eigenvalue weighted by atomic mass is 35.5. The number of carbonyl (C=O) groups excluding carboxylic acids is 1. The third-order valence-electron chi connectivity index (χ3n) is 4.94. The first-order valence-corrected chi connectivity index (χ1v) is 9.97. The van der Waals surface area contributed by atoms with Crippen molar-refractivity contribution in [2.24, 2.45) is 7.05 Å². The largest absolute Gasteiger partial charge is 0.478 e. The van der Waals surface area contributed by atoms with Gasteiger partial charge in [-0.15, -0.1) is 0 Å². The van der Waals surface area contributed by atoms with Crippen LogP contribution in [-0.4, -0.2) is 26.8 Å². The lowest BCUT2D eigenvalue weighted by Gasteiger charge is -2.17. The number of aryl methyl sites for hydroxylation is 1. The third kappa shape index (κ3) is 5.33. The number of carbonyl (C=O) groups is 2. The molecule has 3 aromatic rings. The van der Waals surface area contributed by atoms with Gasteiger partial charge in [0.25, 0.3) is 5.91 Å². The number of nitrogens with zero attached hydrogens (tertiary/aromatic N) is 2. The van der Waals surface area contributed by atoms with E-state index in [0.717, 1.165) is 25.2 Å². The molecule has 2 N–H and O–H groups in total. The van der Waals surface area contributed by atoms with Gasteiger partial charge in [0.2, 0.25) is 0 Å². The minimum Gasteiger partial charge on any atom is -0.478 e. The summed E-state index contributed by atoms with van der Waals surface area (Å²) in [5.74, 6) is -3.35. The molecule has 0 aliphatic carbocycles. The smallest absolute Gasteiger partial charge is 0.433 e. The van der Waals surface area contributed by atoms with E-state index >= 15 is 0 Å². The molecule has 0 saturated carbocycles. The second-order valence-corrected chi connectivity index (χ2v) is 7.77. The zero-order valence-electron chi connectivity index (χ0n) is 17.4. The molecule has 11 heteroatoms. The van der Waals surface area contributed by atoms with Gasteiger partial charge in [-0.05, 0) is 36.8 Å². The number of hydrogen-bond acceptors (Lipinski definition) is 3. The Bertz CT molecular complexity index is 1220.